The highest BCUT2D eigenvalue weighted by Gasteiger charge is 2.22. The van der Waals surface area contributed by atoms with Crippen LogP contribution in [0.1, 0.15) is 33.3 Å². The minimum atomic E-state index is -0.380. The maximum Gasteiger partial charge on any atom is 0.330 e. The normalized spacial score (nSPS) is 15.6. The van der Waals surface area contributed by atoms with Crippen LogP contribution in [-0.4, -0.2) is 79.0 Å². The number of nitrogens with zero attached hydrogens (tertiary/aromatic N) is 2. The molecule has 0 atom stereocenters. The SMILES string of the molecule is CCOC(=O)/C=C/c1ccc(NC(=O)CN2CCN(CC(=O)NC(C)(C)C)CC2)cc1. The van der Waals surface area contributed by atoms with Gasteiger partial charge in [0.05, 0.1) is 19.7 Å². The zero-order chi connectivity index (χ0) is 22.9. The second kappa shape index (κ2) is 11.6. The van der Waals surface area contributed by atoms with Gasteiger partial charge in [-0.25, -0.2) is 4.79 Å². The monoisotopic (exact) mass is 430 g/mol. The van der Waals surface area contributed by atoms with Crippen LogP contribution in [0.5, 0.6) is 0 Å². The molecule has 0 radical (unpaired) electrons. The molecule has 0 bridgehead atoms. The Morgan fingerprint density at radius 2 is 1.52 bits per heavy atom. The molecule has 2 amide bonds. The molecule has 1 saturated heterocycles. The Bertz CT molecular complexity index is 776. The average molecular weight is 431 g/mol. The molecule has 1 heterocycles. The second-order valence-corrected chi connectivity index (χ2v) is 8.61. The lowest BCUT2D eigenvalue weighted by Gasteiger charge is -2.34. The summed E-state index contributed by atoms with van der Waals surface area (Å²) in [6.45, 7) is 11.7. The lowest BCUT2D eigenvalue weighted by atomic mass is 10.1. The first-order chi connectivity index (χ1) is 14.6. The van der Waals surface area contributed by atoms with E-state index in [-0.39, 0.29) is 23.3 Å². The molecule has 0 aromatic heterocycles. The summed E-state index contributed by atoms with van der Waals surface area (Å²) in [5.41, 5.74) is 1.32. The Labute approximate surface area is 184 Å². The lowest BCUT2D eigenvalue weighted by molar-refractivity contribution is -0.137. The predicted octanol–water partition coefficient (Wildman–Crippen LogP) is 1.73. The van der Waals surface area contributed by atoms with Gasteiger partial charge in [0.1, 0.15) is 0 Å². The number of piperazine rings is 1. The third kappa shape index (κ3) is 9.76. The zero-order valence-electron chi connectivity index (χ0n) is 18.9. The minimum absolute atomic E-state index is 0.0271. The van der Waals surface area contributed by atoms with Crippen LogP contribution in [0.3, 0.4) is 0 Å². The first-order valence-electron chi connectivity index (χ1n) is 10.6. The number of ether oxygens (including phenoxy) is 1. The van der Waals surface area contributed by atoms with Gasteiger partial charge in [0.15, 0.2) is 0 Å². The first-order valence-corrected chi connectivity index (χ1v) is 10.6. The molecule has 0 saturated carbocycles. The summed E-state index contributed by atoms with van der Waals surface area (Å²) in [6, 6.07) is 7.25. The van der Waals surface area contributed by atoms with Gasteiger partial charge >= 0.3 is 5.97 Å². The standard InChI is InChI=1S/C23H34N4O4/c1-5-31-22(30)11-8-18-6-9-19(10-7-18)24-20(28)16-26-12-14-27(15-13-26)17-21(29)25-23(2,3)4/h6-11H,5,12-17H2,1-4H3,(H,24,28)(H,25,29)/b11-8+. The number of carbonyl (C=O) groups excluding carboxylic acids is 3. The minimum Gasteiger partial charge on any atom is -0.463 e. The molecule has 1 fully saturated rings. The second-order valence-electron chi connectivity index (χ2n) is 8.61. The fourth-order valence-corrected chi connectivity index (χ4v) is 3.20. The molecule has 0 unspecified atom stereocenters. The van der Waals surface area contributed by atoms with E-state index in [2.05, 4.69) is 20.4 Å². The highest BCUT2D eigenvalue weighted by molar-refractivity contribution is 5.92. The number of rotatable bonds is 8. The van der Waals surface area contributed by atoms with Gasteiger partial charge in [-0.3, -0.25) is 19.4 Å². The van der Waals surface area contributed by atoms with Crippen molar-refractivity contribution >= 4 is 29.5 Å². The van der Waals surface area contributed by atoms with Crippen LogP contribution in [0.15, 0.2) is 30.3 Å². The lowest BCUT2D eigenvalue weighted by Crippen LogP contribution is -2.52. The quantitative estimate of drug-likeness (QED) is 0.482. The van der Waals surface area contributed by atoms with Crippen molar-refractivity contribution in [1.82, 2.24) is 15.1 Å². The summed E-state index contributed by atoms with van der Waals surface area (Å²) in [6.07, 6.45) is 3.05. The molecule has 8 nitrogen and oxygen atoms in total. The molecular formula is C23H34N4O4. The summed E-state index contributed by atoms with van der Waals surface area (Å²) in [5.74, 6) is -0.428. The van der Waals surface area contributed by atoms with Gasteiger partial charge in [0, 0.05) is 43.5 Å². The van der Waals surface area contributed by atoms with Crippen LogP contribution in [-0.2, 0) is 19.1 Å². The molecule has 2 rings (SSSR count). The molecular weight excluding hydrogens is 396 g/mol. The van der Waals surface area contributed by atoms with Gasteiger partial charge in [-0.15, -0.1) is 0 Å². The van der Waals surface area contributed by atoms with Gasteiger partial charge in [-0.05, 0) is 51.5 Å². The van der Waals surface area contributed by atoms with Crippen molar-refractivity contribution < 1.29 is 19.1 Å². The Kier molecular flexibility index (Phi) is 9.21. The number of esters is 1. The number of hydrogen-bond donors (Lipinski definition) is 2. The van der Waals surface area contributed by atoms with Crippen molar-refractivity contribution in [2.75, 3.05) is 51.2 Å². The van der Waals surface area contributed by atoms with Crippen molar-refractivity contribution in [3.63, 3.8) is 0 Å². The highest BCUT2D eigenvalue weighted by Crippen LogP contribution is 2.11. The van der Waals surface area contributed by atoms with Crippen molar-refractivity contribution in [1.29, 1.82) is 0 Å². The third-order valence-electron chi connectivity index (χ3n) is 4.61. The molecule has 170 valence electrons. The van der Waals surface area contributed by atoms with Gasteiger partial charge in [0.2, 0.25) is 11.8 Å². The van der Waals surface area contributed by atoms with Crippen LogP contribution in [0.4, 0.5) is 5.69 Å². The first kappa shape index (κ1) is 24.6. The van der Waals surface area contributed by atoms with Crippen LogP contribution >= 0.6 is 0 Å². The van der Waals surface area contributed by atoms with E-state index in [0.29, 0.717) is 25.4 Å². The molecule has 1 aromatic carbocycles. The largest absolute Gasteiger partial charge is 0.463 e. The van der Waals surface area contributed by atoms with Crippen LogP contribution in [0, 0.1) is 0 Å². The van der Waals surface area contributed by atoms with Crippen LogP contribution in [0.2, 0.25) is 0 Å². The van der Waals surface area contributed by atoms with Crippen molar-refractivity contribution in [3.8, 4) is 0 Å². The summed E-state index contributed by atoms with van der Waals surface area (Å²) in [5, 5.41) is 5.87. The van der Waals surface area contributed by atoms with E-state index in [0.717, 1.165) is 31.7 Å². The van der Waals surface area contributed by atoms with E-state index in [1.165, 1.54) is 6.08 Å². The average Bonchev–Trinajstić information content (AvgIpc) is 2.68. The number of amides is 2. The Morgan fingerprint density at radius 3 is 2.03 bits per heavy atom. The molecule has 8 heteroatoms. The molecule has 1 aliphatic heterocycles. The van der Waals surface area contributed by atoms with E-state index in [9.17, 15) is 14.4 Å². The van der Waals surface area contributed by atoms with Crippen molar-refractivity contribution in [2.45, 2.75) is 33.2 Å². The number of anilines is 1. The van der Waals surface area contributed by atoms with E-state index in [1.807, 2.05) is 32.9 Å². The maximum atomic E-state index is 12.4. The summed E-state index contributed by atoms with van der Waals surface area (Å²) in [4.78, 5) is 40.0. The fourth-order valence-electron chi connectivity index (χ4n) is 3.20. The van der Waals surface area contributed by atoms with Crippen LogP contribution < -0.4 is 10.6 Å². The van der Waals surface area contributed by atoms with Gasteiger partial charge in [-0.1, -0.05) is 12.1 Å². The van der Waals surface area contributed by atoms with Gasteiger partial charge in [0.25, 0.3) is 0 Å². The van der Waals surface area contributed by atoms with Crippen molar-refractivity contribution in [3.05, 3.63) is 35.9 Å². The molecule has 0 spiro atoms. The van der Waals surface area contributed by atoms with Crippen molar-refractivity contribution in [2.24, 2.45) is 0 Å². The van der Waals surface area contributed by atoms with E-state index < -0.39 is 0 Å². The number of hydrogen-bond acceptors (Lipinski definition) is 6. The molecule has 31 heavy (non-hydrogen) atoms. The van der Waals surface area contributed by atoms with E-state index in [4.69, 9.17) is 4.74 Å². The molecule has 1 aromatic rings. The molecule has 2 N–H and O–H groups in total. The maximum absolute atomic E-state index is 12.4. The third-order valence-corrected chi connectivity index (χ3v) is 4.61. The van der Waals surface area contributed by atoms with Gasteiger partial charge in [-0.2, -0.15) is 0 Å². The molecule has 1 aliphatic rings. The number of benzene rings is 1. The summed E-state index contributed by atoms with van der Waals surface area (Å²) < 4.78 is 4.85. The van der Waals surface area contributed by atoms with Gasteiger partial charge < -0.3 is 15.4 Å². The summed E-state index contributed by atoms with van der Waals surface area (Å²) >= 11 is 0. The predicted molar refractivity (Wildman–Crippen MR) is 122 cm³/mol. The van der Waals surface area contributed by atoms with E-state index in [1.54, 1.807) is 25.1 Å². The Balaban J connectivity index is 1.72. The highest BCUT2D eigenvalue weighted by atomic mass is 16.5. The zero-order valence-corrected chi connectivity index (χ0v) is 18.9. The number of nitrogens with one attached hydrogen (secondary N) is 2. The Morgan fingerprint density at radius 1 is 0.968 bits per heavy atom. The number of carbonyl (C=O) groups is 3. The Hall–Kier alpha value is -2.71. The van der Waals surface area contributed by atoms with E-state index >= 15 is 0 Å². The topological polar surface area (TPSA) is 91.0 Å². The summed E-state index contributed by atoms with van der Waals surface area (Å²) in [7, 11) is 0. The molecule has 0 aliphatic carbocycles. The fraction of sp³-hybridized carbons (Fsp3) is 0.522. The van der Waals surface area contributed by atoms with Crippen LogP contribution in [0.25, 0.3) is 6.08 Å². The smallest absolute Gasteiger partial charge is 0.330 e.